The number of allylic oxidation sites excluding steroid dienone is 1. The van der Waals surface area contributed by atoms with E-state index in [0.717, 1.165) is 41.3 Å². The molecule has 1 saturated heterocycles. The van der Waals surface area contributed by atoms with Gasteiger partial charge < -0.3 is 20.3 Å². The van der Waals surface area contributed by atoms with E-state index >= 15 is 0 Å². The summed E-state index contributed by atoms with van der Waals surface area (Å²) < 4.78 is 18.4. The number of anilines is 1. The lowest BCUT2D eigenvalue weighted by atomic mass is 10.0. The Bertz CT molecular complexity index is 1400. The minimum Gasteiger partial charge on any atom is -0.476 e. The molecule has 0 atom stereocenters. The lowest BCUT2D eigenvalue weighted by molar-refractivity contribution is -0.113. The minimum absolute atomic E-state index is 0.156. The first-order valence-corrected chi connectivity index (χ1v) is 16.8. The zero-order valence-corrected chi connectivity index (χ0v) is 27.9. The highest BCUT2D eigenvalue weighted by atomic mass is 32.2. The molecule has 0 aromatic carbocycles. The molecule has 0 saturated carbocycles. The third-order valence-electron chi connectivity index (χ3n) is 7.84. The molecule has 0 unspecified atom stereocenters. The number of aryl methyl sites for hydroxylation is 1. The summed E-state index contributed by atoms with van der Waals surface area (Å²) in [4.78, 5) is 41.8. The highest BCUT2D eigenvalue weighted by molar-refractivity contribution is 8.11. The molecular formula is C32H43FN6O3S2. The summed E-state index contributed by atoms with van der Waals surface area (Å²) in [6.07, 6.45) is 9.07. The van der Waals surface area contributed by atoms with Crippen molar-refractivity contribution in [2.45, 2.75) is 58.9 Å². The molecule has 0 radical (unpaired) electrons. The van der Waals surface area contributed by atoms with Gasteiger partial charge >= 0.3 is 0 Å². The Hall–Kier alpha value is -3.09. The smallest absolute Gasteiger partial charge is 0.254 e. The first-order chi connectivity index (χ1) is 21.1. The molecule has 12 heteroatoms. The van der Waals surface area contributed by atoms with Crippen LogP contribution >= 0.6 is 23.9 Å². The molecule has 0 bridgehead atoms. The Morgan fingerprint density at radius 2 is 2.07 bits per heavy atom. The lowest BCUT2D eigenvalue weighted by Gasteiger charge is -2.31. The van der Waals surface area contributed by atoms with E-state index in [-0.39, 0.29) is 41.9 Å². The molecule has 0 aliphatic carbocycles. The maximum absolute atomic E-state index is 13.8. The molecule has 0 spiro atoms. The number of rotatable bonds is 13. The standard InChI is InChI=1S/C32H43FN6O3S2/c1-6-9-27-25(20-38(5)21-28(44-27)24-10-7-12-35-31(24)42-16-17-43-33)30(41)37-26-18-23(19-36-22(26)2)29(40)34-13-15-39-14-8-11-32(39,3)4/h7,10,12,18-19,21H,6,8-9,11,13-17,20H2,1-5H3,(H,34,40)(H,37,41). The third kappa shape index (κ3) is 8.76. The van der Waals surface area contributed by atoms with Crippen molar-refractivity contribution < 1.29 is 18.2 Å². The fourth-order valence-corrected chi connectivity index (χ4v) is 6.88. The second kappa shape index (κ2) is 15.8. The molecule has 2 amide bonds. The van der Waals surface area contributed by atoms with Gasteiger partial charge in [-0.25, -0.2) is 4.98 Å². The molecule has 2 aromatic rings. The first-order valence-electron chi connectivity index (χ1n) is 15.1. The van der Waals surface area contributed by atoms with Crippen molar-refractivity contribution in [2.75, 3.05) is 50.9 Å². The fraction of sp³-hybridized carbons (Fsp3) is 0.500. The molecule has 1 fully saturated rings. The van der Waals surface area contributed by atoms with Crippen molar-refractivity contribution in [1.82, 2.24) is 25.1 Å². The second-order valence-electron chi connectivity index (χ2n) is 11.7. The van der Waals surface area contributed by atoms with Crippen LogP contribution in [0.1, 0.15) is 68.1 Å². The topological polar surface area (TPSA) is 99.7 Å². The summed E-state index contributed by atoms with van der Waals surface area (Å²) in [6.45, 7) is 11.3. The Balaban J connectivity index is 1.49. The summed E-state index contributed by atoms with van der Waals surface area (Å²) in [7, 11) is 1.92. The number of likely N-dealkylation sites (N-methyl/N-ethyl adjacent to an activating group) is 1. The van der Waals surface area contributed by atoms with Gasteiger partial charge in [-0.2, -0.15) is 3.89 Å². The van der Waals surface area contributed by atoms with Crippen molar-refractivity contribution in [3.8, 4) is 5.88 Å². The highest BCUT2D eigenvalue weighted by Gasteiger charge is 2.31. The number of pyridine rings is 2. The van der Waals surface area contributed by atoms with Crippen LogP contribution in [0.2, 0.25) is 0 Å². The van der Waals surface area contributed by atoms with E-state index in [1.807, 2.05) is 37.2 Å². The molecule has 2 aliphatic heterocycles. The van der Waals surface area contributed by atoms with Gasteiger partial charge in [-0.1, -0.05) is 25.1 Å². The lowest BCUT2D eigenvalue weighted by Crippen LogP contribution is -2.43. The number of ether oxygens (including phenoxy) is 1. The van der Waals surface area contributed by atoms with Crippen molar-refractivity contribution in [1.29, 1.82) is 0 Å². The minimum atomic E-state index is -0.233. The number of hydrogen-bond acceptors (Lipinski definition) is 9. The normalized spacial score (nSPS) is 16.9. The SMILES string of the molecule is CCCC1=C(C(=O)Nc2cc(C(=O)NCCN3CCCC3(C)C)cnc2C)CN(C)C=C(c2cccnc2OCCSF)S1. The van der Waals surface area contributed by atoms with E-state index in [4.69, 9.17) is 4.74 Å². The molecular weight excluding hydrogens is 600 g/mol. The van der Waals surface area contributed by atoms with Crippen molar-refractivity contribution in [3.63, 3.8) is 0 Å². The van der Waals surface area contributed by atoms with Crippen LogP contribution in [0.3, 0.4) is 0 Å². The van der Waals surface area contributed by atoms with Gasteiger partial charge in [-0.3, -0.25) is 19.5 Å². The number of carbonyl (C=O) groups excluding carboxylic acids is 2. The predicted octanol–water partition coefficient (Wildman–Crippen LogP) is 6.06. The van der Waals surface area contributed by atoms with E-state index in [1.165, 1.54) is 18.2 Å². The van der Waals surface area contributed by atoms with E-state index in [9.17, 15) is 13.5 Å². The number of likely N-dealkylation sites (tertiary alicyclic amines) is 1. The number of aromatic nitrogens is 2. The van der Waals surface area contributed by atoms with Crippen LogP contribution in [0.25, 0.3) is 4.91 Å². The van der Waals surface area contributed by atoms with E-state index in [1.54, 1.807) is 18.5 Å². The highest BCUT2D eigenvalue weighted by Crippen LogP contribution is 2.42. The van der Waals surface area contributed by atoms with E-state index in [2.05, 4.69) is 46.3 Å². The van der Waals surface area contributed by atoms with E-state index < -0.39 is 0 Å². The van der Waals surface area contributed by atoms with Crippen molar-refractivity contribution >= 4 is 46.3 Å². The summed E-state index contributed by atoms with van der Waals surface area (Å²) in [6, 6.07) is 5.45. The average Bonchev–Trinajstić information content (AvgIpc) is 3.24. The molecule has 9 nitrogen and oxygen atoms in total. The summed E-state index contributed by atoms with van der Waals surface area (Å²) >= 11 is 1.75. The predicted molar refractivity (Wildman–Crippen MR) is 178 cm³/mol. The van der Waals surface area contributed by atoms with Gasteiger partial charge in [0.2, 0.25) is 5.88 Å². The number of thioether (sulfide) groups is 1. The number of nitrogens with zero attached hydrogens (tertiary/aromatic N) is 4. The van der Waals surface area contributed by atoms with Crippen LogP contribution in [0, 0.1) is 6.92 Å². The average molecular weight is 643 g/mol. The Kier molecular flexibility index (Phi) is 12.1. The number of amides is 2. The second-order valence-corrected chi connectivity index (χ2v) is 13.4. The fourth-order valence-electron chi connectivity index (χ4n) is 5.39. The molecule has 2 aromatic heterocycles. The van der Waals surface area contributed by atoms with Crippen molar-refractivity contribution in [2.24, 2.45) is 0 Å². The molecule has 4 rings (SSSR count). The first kappa shape index (κ1) is 33.8. The summed E-state index contributed by atoms with van der Waals surface area (Å²) in [5.74, 6) is 0.192. The van der Waals surface area contributed by atoms with Gasteiger partial charge in [0.15, 0.2) is 0 Å². The van der Waals surface area contributed by atoms with Gasteiger partial charge in [-0.05, 0) is 64.8 Å². The van der Waals surface area contributed by atoms with Gasteiger partial charge in [0.1, 0.15) is 6.61 Å². The van der Waals surface area contributed by atoms with Gasteiger partial charge in [0.05, 0.1) is 28.3 Å². The third-order valence-corrected chi connectivity index (χ3v) is 9.40. The quantitative estimate of drug-likeness (QED) is 0.253. The van der Waals surface area contributed by atoms with E-state index in [0.29, 0.717) is 47.9 Å². The number of hydrogen-bond donors (Lipinski definition) is 2. The van der Waals surface area contributed by atoms with Crippen LogP contribution in [-0.2, 0) is 4.79 Å². The summed E-state index contributed by atoms with van der Waals surface area (Å²) in [5.41, 5.74) is 3.13. The van der Waals surface area contributed by atoms with Gasteiger partial charge in [0, 0.05) is 78.3 Å². The van der Waals surface area contributed by atoms with Crippen LogP contribution < -0.4 is 15.4 Å². The van der Waals surface area contributed by atoms with Crippen LogP contribution in [-0.4, -0.2) is 82.7 Å². The number of halogens is 1. The molecule has 2 N–H and O–H groups in total. The number of carbonyl (C=O) groups is 2. The number of nitrogens with one attached hydrogen (secondary N) is 2. The van der Waals surface area contributed by atoms with Gasteiger partial charge in [0.25, 0.3) is 11.8 Å². The Morgan fingerprint density at radius 1 is 1.25 bits per heavy atom. The molecule has 44 heavy (non-hydrogen) atoms. The van der Waals surface area contributed by atoms with Gasteiger partial charge in [-0.15, -0.1) is 0 Å². The van der Waals surface area contributed by atoms with Crippen LogP contribution in [0.4, 0.5) is 9.57 Å². The largest absolute Gasteiger partial charge is 0.476 e. The Labute approximate surface area is 268 Å². The maximum atomic E-state index is 13.8. The van der Waals surface area contributed by atoms with Crippen molar-refractivity contribution in [3.05, 3.63) is 64.1 Å². The molecule has 238 valence electrons. The molecule has 4 heterocycles. The molecule has 2 aliphatic rings. The van der Waals surface area contributed by atoms with Crippen LogP contribution in [0.5, 0.6) is 5.88 Å². The van der Waals surface area contributed by atoms with Crippen LogP contribution in [0.15, 0.2) is 47.3 Å². The Morgan fingerprint density at radius 3 is 2.80 bits per heavy atom. The summed E-state index contributed by atoms with van der Waals surface area (Å²) in [5, 5.41) is 6.05. The maximum Gasteiger partial charge on any atom is 0.254 e. The zero-order chi connectivity index (χ0) is 31.7. The monoisotopic (exact) mass is 642 g/mol. The zero-order valence-electron chi connectivity index (χ0n) is 26.2.